The molecule has 0 fully saturated rings. The number of methoxy groups -OCH3 is 2. The van der Waals surface area contributed by atoms with Crippen LogP contribution in [0.5, 0.6) is 11.5 Å². The minimum atomic E-state index is 0.135. The van der Waals surface area contributed by atoms with Crippen LogP contribution in [0.3, 0.4) is 0 Å². The molecule has 0 aliphatic heterocycles. The number of rotatable bonds is 16. The van der Waals surface area contributed by atoms with Gasteiger partial charge in [-0.25, -0.2) is 0 Å². The van der Waals surface area contributed by atoms with Gasteiger partial charge in [-0.15, -0.1) is 0 Å². The van der Waals surface area contributed by atoms with Gasteiger partial charge in [-0.3, -0.25) is 9.80 Å². The summed E-state index contributed by atoms with van der Waals surface area (Å²) in [5, 5.41) is 9.63. The van der Waals surface area contributed by atoms with Crippen LogP contribution in [0.15, 0.2) is 97.1 Å². The first kappa shape index (κ1) is 36.4. The first-order chi connectivity index (χ1) is 25.8. The molecule has 6 rings (SSSR count). The van der Waals surface area contributed by atoms with Crippen molar-refractivity contribution in [3.8, 4) is 22.6 Å². The second-order valence-electron chi connectivity index (χ2n) is 12.5. The predicted molar refractivity (Wildman–Crippen MR) is 208 cm³/mol. The van der Waals surface area contributed by atoms with E-state index in [4.69, 9.17) is 20.2 Å². The van der Waals surface area contributed by atoms with Crippen LogP contribution in [0.4, 0.5) is 35.2 Å². The van der Waals surface area contributed by atoms with Gasteiger partial charge < -0.3 is 31.2 Å². The number of nitrogens with two attached hydrogens (primary N) is 1. The van der Waals surface area contributed by atoms with Crippen molar-refractivity contribution in [2.75, 3.05) is 57.0 Å². The van der Waals surface area contributed by atoms with E-state index in [0.29, 0.717) is 60.6 Å². The molecule has 272 valence electrons. The Morgan fingerprint density at radius 1 is 0.585 bits per heavy atom. The van der Waals surface area contributed by atoms with Crippen LogP contribution >= 0.6 is 0 Å². The smallest absolute Gasteiger partial charge is 0.232 e. The highest BCUT2D eigenvalue weighted by atomic mass is 16.5. The standard InChI is InChI=1S/C39H44N12O2/c1-41-37-45-35(25-50(2)22-26-12-7-6-8-13-26)47-38(49-37)42-30-19-29(20-31(21-30)52-4)28-15-11-14-27(18-28)23-51(3)24-34-44-36(40)48-39(46-34)43-32-16-9-10-17-33(32)53-5/h6-21H,22-25H2,1-5H3,(H3,40,43,44,46,48)(H2,41,42,45,47,49). The molecule has 14 nitrogen and oxygen atoms in total. The zero-order valence-electron chi connectivity index (χ0n) is 30.5. The molecule has 0 amide bonds. The molecular formula is C39H44N12O2. The number of nitrogens with zero attached hydrogens (tertiary/aromatic N) is 8. The van der Waals surface area contributed by atoms with Crippen molar-refractivity contribution in [1.82, 2.24) is 39.7 Å². The van der Waals surface area contributed by atoms with Gasteiger partial charge in [0.1, 0.15) is 23.1 Å². The van der Waals surface area contributed by atoms with Gasteiger partial charge in [0.15, 0.2) is 0 Å². The molecule has 5 N–H and O–H groups in total. The monoisotopic (exact) mass is 712 g/mol. The van der Waals surface area contributed by atoms with E-state index in [1.54, 1.807) is 21.3 Å². The number of nitrogen functional groups attached to an aromatic ring is 1. The molecule has 0 atom stereocenters. The van der Waals surface area contributed by atoms with Crippen LogP contribution in [0.25, 0.3) is 11.1 Å². The minimum Gasteiger partial charge on any atom is -0.497 e. The van der Waals surface area contributed by atoms with Gasteiger partial charge in [-0.05, 0) is 66.7 Å². The van der Waals surface area contributed by atoms with Crippen LogP contribution in [0, 0.1) is 0 Å². The number of hydrogen-bond acceptors (Lipinski definition) is 14. The molecular weight excluding hydrogens is 669 g/mol. The maximum Gasteiger partial charge on any atom is 0.232 e. The molecule has 0 spiro atoms. The van der Waals surface area contributed by atoms with Gasteiger partial charge in [-0.2, -0.15) is 29.9 Å². The largest absolute Gasteiger partial charge is 0.497 e. The first-order valence-electron chi connectivity index (χ1n) is 17.1. The molecule has 6 aromatic rings. The van der Waals surface area contributed by atoms with E-state index in [9.17, 15) is 0 Å². The van der Waals surface area contributed by atoms with Crippen molar-refractivity contribution < 1.29 is 9.47 Å². The summed E-state index contributed by atoms with van der Waals surface area (Å²) in [4.78, 5) is 31.5. The fraction of sp³-hybridized carbons (Fsp3) is 0.231. The third kappa shape index (κ3) is 10.1. The van der Waals surface area contributed by atoms with Crippen molar-refractivity contribution in [2.24, 2.45) is 0 Å². The average molecular weight is 713 g/mol. The molecule has 0 saturated carbocycles. The zero-order valence-corrected chi connectivity index (χ0v) is 30.5. The molecule has 0 bridgehead atoms. The van der Waals surface area contributed by atoms with E-state index >= 15 is 0 Å². The minimum absolute atomic E-state index is 0.135. The van der Waals surface area contributed by atoms with E-state index < -0.39 is 0 Å². The fourth-order valence-corrected chi connectivity index (χ4v) is 5.83. The van der Waals surface area contributed by atoms with Gasteiger partial charge in [0, 0.05) is 31.9 Å². The summed E-state index contributed by atoms with van der Waals surface area (Å²) in [6, 6.07) is 32.2. The molecule has 4 aromatic carbocycles. The third-order valence-corrected chi connectivity index (χ3v) is 8.19. The van der Waals surface area contributed by atoms with E-state index in [1.165, 1.54) is 5.56 Å². The van der Waals surface area contributed by atoms with Crippen molar-refractivity contribution in [2.45, 2.75) is 26.2 Å². The van der Waals surface area contributed by atoms with E-state index in [0.717, 1.165) is 34.6 Å². The lowest BCUT2D eigenvalue weighted by atomic mass is 10.0. The summed E-state index contributed by atoms with van der Waals surface area (Å²) in [5.41, 5.74) is 11.9. The lowest BCUT2D eigenvalue weighted by Crippen LogP contribution is -2.20. The molecule has 2 heterocycles. The summed E-state index contributed by atoms with van der Waals surface area (Å²) in [6.07, 6.45) is 0. The highest BCUT2D eigenvalue weighted by Gasteiger charge is 2.14. The summed E-state index contributed by atoms with van der Waals surface area (Å²) in [7, 11) is 9.12. The first-order valence-corrected chi connectivity index (χ1v) is 17.1. The van der Waals surface area contributed by atoms with Crippen molar-refractivity contribution in [3.63, 3.8) is 0 Å². The van der Waals surface area contributed by atoms with E-state index in [2.05, 4.69) is 87.1 Å². The molecule has 14 heteroatoms. The fourth-order valence-electron chi connectivity index (χ4n) is 5.83. The number of aromatic nitrogens is 6. The van der Waals surface area contributed by atoms with Gasteiger partial charge in [0.05, 0.1) is 33.0 Å². The van der Waals surface area contributed by atoms with Gasteiger partial charge in [0.2, 0.25) is 23.8 Å². The topological polar surface area (TPSA) is 164 Å². The summed E-state index contributed by atoms with van der Waals surface area (Å²) < 4.78 is 11.1. The Balaban J connectivity index is 1.15. The maximum atomic E-state index is 6.06. The molecule has 0 saturated heterocycles. The molecule has 2 aromatic heterocycles. The van der Waals surface area contributed by atoms with Crippen molar-refractivity contribution in [1.29, 1.82) is 0 Å². The number of nitrogens with one attached hydrogen (secondary N) is 3. The van der Waals surface area contributed by atoms with Crippen LogP contribution in [-0.2, 0) is 26.2 Å². The van der Waals surface area contributed by atoms with E-state index in [-0.39, 0.29) is 5.95 Å². The zero-order chi connectivity index (χ0) is 37.2. The van der Waals surface area contributed by atoms with Crippen LogP contribution in [-0.4, -0.2) is 75.1 Å². The highest BCUT2D eigenvalue weighted by Crippen LogP contribution is 2.31. The number of ether oxygens (including phenoxy) is 2. The highest BCUT2D eigenvalue weighted by molar-refractivity contribution is 5.72. The maximum absolute atomic E-state index is 6.06. The number of benzene rings is 4. The summed E-state index contributed by atoms with van der Waals surface area (Å²) in [5.74, 6) is 3.96. The second kappa shape index (κ2) is 17.2. The van der Waals surface area contributed by atoms with Crippen LogP contribution in [0.2, 0.25) is 0 Å². The Morgan fingerprint density at radius 2 is 1.25 bits per heavy atom. The average Bonchev–Trinajstić information content (AvgIpc) is 3.15. The lowest BCUT2D eigenvalue weighted by molar-refractivity contribution is 0.310. The van der Waals surface area contributed by atoms with Crippen LogP contribution in [0.1, 0.15) is 22.8 Å². The third-order valence-electron chi connectivity index (χ3n) is 8.19. The molecule has 53 heavy (non-hydrogen) atoms. The van der Waals surface area contributed by atoms with Gasteiger partial charge >= 0.3 is 0 Å². The Labute approximate surface area is 309 Å². The SMILES string of the molecule is CNc1nc(CN(C)Cc2ccccc2)nc(Nc2cc(OC)cc(-c3cccc(CN(C)Cc4nc(N)nc(Nc5ccccc5OC)n4)c3)c2)n1. The van der Waals surface area contributed by atoms with Gasteiger partial charge in [-0.1, -0.05) is 60.7 Å². The molecule has 0 radical (unpaired) electrons. The Kier molecular flexibility index (Phi) is 11.8. The summed E-state index contributed by atoms with van der Waals surface area (Å²) in [6.45, 7) is 2.42. The molecule has 0 aliphatic carbocycles. The quantitative estimate of drug-likeness (QED) is 0.0908. The van der Waals surface area contributed by atoms with E-state index in [1.807, 2.05) is 74.8 Å². The Morgan fingerprint density at radius 3 is 1.98 bits per heavy atom. The Bertz CT molecular complexity index is 2130. The number of anilines is 6. The predicted octanol–water partition coefficient (Wildman–Crippen LogP) is 6.12. The molecule has 0 aliphatic rings. The summed E-state index contributed by atoms with van der Waals surface area (Å²) >= 11 is 0. The lowest BCUT2D eigenvalue weighted by Gasteiger charge is -2.18. The Hall–Kier alpha value is -6.38. The van der Waals surface area contributed by atoms with Crippen molar-refractivity contribution >= 4 is 35.2 Å². The van der Waals surface area contributed by atoms with Gasteiger partial charge in [0.25, 0.3) is 0 Å². The normalized spacial score (nSPS) is 11.1. The van der Waals surface area contributed by atoms with Crippen molar-refractivity contribution in [3.05, 3.63) is 120 Å². The second-order valence-corrected chi connectivity index (χ2v) is 12.5. The van der Waals surface area contributed by atoms with Crippen LogP contribution < -0.4 is 31.2 Å². The number of para-hydroxylation sites is 2. The number of hydrogen-bond donors (Lipinski definition) is 4. The molecule has 0 unspecified atom stereocenters.